The molecular formula is C16H16ClN3O. The lowest BCUT2D eigenvalue weighted by Gasteiger charge is -2.09. The van der Waals surface area contributed by atoms with Gasteiger partial charge in [0.25, 0.3) is 0 Å². The van der Waals surface area contributed by atoms with Gasteiger partial charge in [-0.1, -0.05) is 23.7 Å². The number of anilines is 1. The van der Waals surface area contributed by atoms with Crippen LogP contribution in [0.3, 0.4) is 0 Å². The van der Waals surface area contributed by atoms with E-state index in [0.717, 1.165) is 16.8 Å². The van der Waals surface area contributed by atoms with Gasteiger partial charge in [-0.3, -0.25) is 0 Å². The van der Waals surface area contributed by atoms with Crippen molar-refractivity contribution in [1.29, 1.82) is 0 Å². The lowest BCUT2D eigenvalue weighted by Crippen LogP contribution is -2.10. The maximum atomic E-state index is 5.96. The van der Waals surface area contributed by atoms with Crippen LogP contribution < -0.4 is 10.5 Å². The van der Waals surface area contributed by atoms with Gasteiger partial charge in [-0.2, -0.15) is 0 Å². The quantitative estimate of drug-likeness (QED) is 0.800. The number of halogens is 1. The Bertz CT molecular complexity index is 782. The second-order valence-electron chi connectivity index (χ2n) is 4.92. The summed E-state index contributed by atoms with van der Waals surface area (Å²) in [4.78, 5) is 4.31. The molecule has 1 heterocycles. The van der Waals surface area contributed by atoms with Crippen molar-refractivity contribution in [3.63, 3.8) is 0 Å². The number of rotatable bonds is 4. The molecule has 0 bridgehead atoms. The van der Waals surface area contributed by atoms with E-state index in [4.69, 9.17) is 22.1 Å². The van der Waals surface area contributed by atoms with Crippen molar-refractivity contribution in [3.05, 3.63) is 53.1 Å². The van der Waals surface area contributed by atoms with Gasteiger partial charge in [0, 0.05) is 5.02 Å². The lowest BCUT2D eigenvalue weighted by atomic mass is 10.2. The van der Waals surface area contributed by atoms with Gasteiger partial charge in [-0.15, -0.1) is 0 Å². The average Bonchev–Trinajstić information content (AvgIpc) is 2.74. The van der Waals surface area contributed by atoms with Gasteiger partial charge in [-0.25, -0.2) is 4.98 Å². The molecule has 108 valence electrons. The highest BCUT2D eigenvalue weighted by molar-refractivity contribution is 6.31. The molecule has 0 amide bonds. The number of aromatic nitrogens is 2. The summed E-state index contributed by atoms with van der Waals surface area (Å²) in [6.07, 6.45) is 0. The first kappa shape index (κ1) is 13.8. The average molecular weight is 302 g/mol. The minimum Gasteiger partial charge on any atom is -0.492 e. The van der Waals surface area contributed by atoms with Gasteiger partial charge in [0.15, 0.2) is 0 Å². The van der Waals surface area contributed by atoms with Gasteiger partial charge in [0.05, 0.1) is 17.6 Å². The van der Waals surface area contributed by atoms with E-state index in [0.29, 0.717) is 24.1 Å². The van der Waals surface area contributed by atoms with Crippen LogP contribution in [0.1, 0.15) is 5.56 Å². The summed E-state index contributed by atoms with van der Waals surface area (Å²) < 4.78 is 7.69. The summed E-state index contributed by atoms with van der Waals surface area (Å²) in [5.74, 6) is 1.33. The number of aryl methyl sites for hydroxylation is 1. The second-order valence-corrected chi connectivity index (χ2v) is 5.36. The molecule has 5 heteroatoms. The number of fused-ring (bicyclic) bond motifs is 1. The van der Waals surface area contributed by atoms with Crippen LogP contribution in [0.15, 0.2) is 42.5 Å². The number of nitrogens with zero attached hydrogens (tertiary/aromatic N) is 2. The van der Waals surface area contributed by atoms with E-state index in [-0.39, 0.29) is 0 Å². The SMILES string of the molecule is Cc1cccc(OCCn2c(N)nc3cc(Cl)ccc32)c1. The van der Waals surface area contributed by atoms with Crippen LogP contribution >= 0.6 is 11.6 Å². The Balaban J connectivity index is 1.75. The first-order valence-corrected chi connectivity index (χ1v) is 7.12. The van der Waals surface area contributed by atoms with Gasteiger partial charge in [0.2, 0.25) is 5.95 Å². The van der Waals surface area contributed by atoms with Crippen molar-refractivity contribution in [2.24, 2.45) is 0 Å². The van der Waals surface area contributed by atoms with E-state index in [1.54, 1.807) is 0 Å². The molecule has 0 saturated carbocycles. The number of ether oxygens (including phenoxy) is 1. The third kappa shape index (κ3) is 2.95. The van der Waals surface area contributed by atoms with E-state index < -0.39 is 0 Å². The number of hydrogen-bond donors (Lipinski definition) is 1. The molecule has 4 nitrogen and oxygen atoms in total. The third-order valence-corrected chi connectivity index (χ3v) is 3.55. The number of nitrogen functional groups attached to an aromatic ring is 1. The Morgan fingerprint density at radius 2 is 2.10 bits per heavy atom. The number of imidazole rings is 1. The molecule has 0 fully saturated rings. The summed E-state index contributed by atoms with van der Waals surface area (Å²) in [6, 6.07) is 13.5. The van der Waals surface area contributed by atoms with Crippen LogP contribution in [-0.4, -0.2) is 16.2 Å². The Labute approximate surface area is 128 Å². The summed E-state index contributed by atoms with van der Waals surface area (Å²) in [5.41, 5.74) is 8.90. The van der Waals surface area contributed by atoms with E-state index in [1.165, 1.54) is 5.56 Å². The maximum absolute atomic E-state index is 5.96. The van der Waals surface area contributed by atoms with Crippen LogP contribution in [0.2, 0.25) is 5.02 Å². The maximum Gasteiger partial charge on any atom is 0.201 e. The molecule has 0 atom stereocenters. The van der Waals surface area contributed by atoms with Crippen molar-refractivity contribution in [1.82, 2.24) is 9.55 Å². The van der Waals surface area contributed by atoms with Crippen LogP contribution in [0.4, 0.5) is 5.95 Å². The summed E-state index contributed by atoms with van der Waals surface area (Å²) in [5, 5.41) is 0.656. The Morgan fingerprint density at radius 3 is 2.90 bits per heavy atom. The summed E-state index contributed by atoms with van der Waals surface area (Å²) >= 11 is 5.96. The Kier molecular flexibility index (Phi) is 3.71. The minimum atomic E-state index is 0.472. The number of benzene rings is 2. The van der Waals surface area contributed by atoms with E-state index in [2.05, 4.69) is 4.98 Å². The first-order chi connectivity index (χ1) is 10.1. The first-order valence-electron chi connectivity index (χ1n) is 6.74. The topological polar surface area (TPSA) is 53.1 Å². The molecule has 1 aromatic heterocycles. The molecule has 0 aliphatic heterocycles. The normalized spacial score (nSPS) is 11.0. The predicted molar refractivity (Wildman–Crippen MR) is 85.8 cm³/mol. The highest BCUT2D eigenvalue weighted by Crippen LogP contribution is 2.21. The zero-order valence-electron chi connectivity index (χ0n) is 11.7. The van der Waals surface area contributed by atoms with E-state index in [9.17, 15) is 0 Å². The molecule has 0 saturated heterocycles. The van der Waals surface area contributed by atoms with Crippen molar-refractivity contribution < 1.29 is 4.74 Å². The van der Waals surface area contributed by atoms with Gasteiger partial charge >= 0.3 is 0 Å². The van der Waals surface area contributed by atoms with Gasteiger partial charge in [0.1, 0.15) is 12.4 Å². The molecule has 3 rings (SSSR count). The Hall–Kier alpha value is -2.20. The second kappa shape index (κ2) is 5.66. The fraction of sp³-hybridized carbons (Fsp3) is 0.188. The summed E-state index contributed by atoms with van der Waals surface area (Å²) in [7, 11) is 0. The fourth-order valence-electron chi connectivity index (χ4n) is 2.32. The van der Waals surface area contributed by atoms with Crippen molar-refractivity contribution >= 4 is 28.6 Å². The van der Waals surface area contributed by atoms with Crippen molar-refractivity contribution in [3.8, 4) is 5.75 Å². The van der Waals surface area contributed by atoms with E-state index in [1.807, 2.05) is 54.0 Å². The number of hydrogen-bond acceptors (Lipinski definition) is 3. The van der Waals surface area contributed by atoms with Crippen LogP contribution in [-0.2, 0) is 6.54 Å². The molecule has 0 radical (unpaired) electrons. The highest BCUT2D eigenvalue weighted by atomic mass is 35.5. The largest absolute Gasteiger partial charge is 0.492 e. The van der Waals surface area contributed by atoms with Crippen LogP contribution in [0, 0.1) is 6.92 Å². The fourth-order valence-corrected chi connectivity index (χ4v) is 2.48. The lowest BCUT2D eigenvalue weighted by molar-refractivity contribution is 0.301. The van der Waals surface area contributed by atoms with Crippen LogP contribution in [0.5, 0.6) is 5.75 Å². The van der Waals surface area contributed by atoms with E-state index >= 15 is 0 Å². The monoisotopic (exact) mass is 301 g/mol. The molecule has 3 aromatic rings. The minimum absolute atomic E-state index is 0.472. The third-order valence-electron chi connectivity index (χ3n) is 3.31. The molecular weight excluding hydrogens is 286 g/mol. The molecule has 0 unspecified atom stereocenters. The van der Waals surface area contributed by atoms with Crippen LogP contribution in [0.25, 0.3) is 11.0 Å². The molecule has 21 heavy (non-hydrogen) atoms. The standard InChI is InChI=1S/C16H16ClN3O/c1-11-3-2-4-13(9-11)21-8-7-20-15-6-5-12(17)10-14(15)19-16(20)18/h2-6,9-10H,7-8H2,1H3,(H2,18,19). The highest BCUT2D eigenvalue weighted by Gasteiger charge is 2.08. The smallest absolute Gasteiger partial charge is 0.201 e. The molecule has 0 spiro atoms. The Morgan fingerprint density at radius 1 is 1.24 bits per heavy atom. The zero-order valence-corrected chi connectivity index (χ0v) is 12.5. The number of nitrogens with two attached hydrogens (primary N) is 1. The zero-order chi connectivity index (χ0) is 14.8. The van der Waals surface area contributed by atoms with Gasteiger partial charge < -0.3 is 15.0 Å². The predicted octanol–water partition coefficient (Wildman–Crippen LogP) is 3.66. The van der Waals surface area contributed by atoms with Crippen molar-refractivity contribution in [2.45, 2.75) is 13.5 Å². The molecule has 0 aliphatic carbocycles. The van der Waals surface area contributed by atoms with Gasteiger partial charge in [-0.05, 0) is 42.8 Å². The summed E-state index contributed by atoms with van der Waals surface area (Å²) in [6.45, 7) is 3.21. The van der Waals surface area contributed by atoms with Crippen molar-refractivity contribution in [2.75, 3.05) is 12.3 Å². The molecule has 2 aromatic carbocycles. The molecule has 2 N–H and O–H groups in total. The molecule has 0 aliphatic rings.